The normalized spacial score (nSPS) is 10.3. The van der Waals surface area contributed by atoms with E-state index in [0.717, 1.165) is 17.8 Å². The summed E-state index contributed by atoms with van der Waals surface area (Å²) in [6.45, 7) is 7.96. The van der Waals surface area contributed by atoms with E-state index in [1.807, 2.05) is 30.3 Å². The minimum absolute atomic E-state index is 0.0478. The quantitative estimate of drug-likeness (QED) is 0.885. The molecule has 0 bridgehead atoms. The average molecular weight is 296 g/mol. The molecule has 0 heterocycles. The van der Waals surface area contributed by atoms with E-state index in [0.29, 0.717) is 13.1 Å². The smallest absolute Gasteiger partial charge is 0.239 e. The molecule has 0 radical (unpaired) electrons. The van der Waals surface area contributed by atoms with Crippen molar-refractivity contribution in [1.29, 1.82) is 0 Å². The van der Waals surface area contributed by atoms with Crippen LogP contribution >= 0.6 is 0 Å². The summed E-state index contributed by atoms with van der Waals surface area (Å²) in [6.07, 6.45) is 0. The van der Waals surface area contributed by atoms with Crippen molar-refractivity contribution in [2.75, 3.05) is 18.0 Å². The van der Waals surface area contributed by atoms with Crippen molar-refractivity contribution in [2.45, 2.75) is 27.3 Å². The molecule has 116 valence electrons. The van der Waals surface area contributed by atoms with Gasteiger partial charge in [0.15, 0.2) is 0 Å². The first-order chi connectivity index (χ1) is 10.6. The number of hydrogen-bond acceptors (Lipinski definition) is 2. The first-order valence-corrected chi connectivity index (χ1v) is 7.73. The molecule has 0 spiro atoms. The highest BCUT2D eigenvalue weighted by molar-refractivity contribution is 5.81. The maximum Gasteiger partial charge on any atom is 0.239 e. The molecule has 3 nitrogen and oxygen atoms in total. The lowest BCUT2D eigenvalue weighted by Crippen LogP contribution is -2.37. The summed E-state index contributed by atoms with van der Waals surface area (Å²) in [5.74, 6) is 0.0478. The van der Waals surface area contributed by atoms with Crippen LogP contribution in [0.2, 0.25) is 0 Å². The highest BCUT2D eigenvalue weighted by Crippen LogP contribution is 2.15. The van der Waals surface area contributed by atoms with E-state index in [2.05, 4.69) is 49.2 Å². The molecular formula is C19H24N2O. The molecular weight excluding hydrogens is 272 g/mol. The Morgan fingerprint density at radius 1 is 1.09 bits per heavy atom. The van der Waals surface area contributed by atoms with E-state index in [9.17, 15) is 4.79 Å². The number of likely N-dealkylation sites (N-methyl/N-ethyl adjacent to an activating group) is 1. The van der Waals surface area contributed by atoms with Crippen LogP contribution < -0.4 is 10.2 Å². The van der Waals surface area contributed by atoms with Gasteiger partial charge in [0.05, 0.1) is 6.54 Å². The van der Waals surface area contributed by atoms with Crippen LogP contribution in [0.4, 0.5) is 5.69 Å². The fourth-order valence-electron chi connectivity index (χ4n) is 2.44. The molecule has 0 aliphatic carbocycles. The van der Waals surface area contributed by atoms with Gasteiger partial charge in [0, 0.05) is 18.8 Å². The fraction of sp³-hybridized carbons (Fsp3) is 0.316. The van der Waals surface area contributed by atoms with Crippen LogP contribution in [-0.2, 0) is 11.3 Å². The van der Waals surface area contributed by atoms with E-state index in [1.165, 1.54) is 11.1 Å². The fourth-order valence-corrected chi connectivity index (χ4v) is 2.44. The molecule has 0 atom stereocenters. The standard InChI is InChI=1S/C19H24N2O/c1-4-21(18-11-7-8-15(2)12-18)14-19(22)20-13-17-10-6-5-9-16(17)3/h5-12H,4,13-14H2,1-3H3,(H,20,22). The molecule has 3 heteroatoms. The van der Waals surface area contributed by atoms with Crippen LogP contribution in [-0.4, -0.2) is 19.0 Å². The zero-order chi connectivity index (χ0) is 15.9. The van der Waals surface area contributed by atoms with Gasteiger partial charge in [-0.1, -0.05) is 36.4 Å². The SMILES string of the molecule is CCN(CC(=O)NCc1ccccc1C)c1cccc(C)c1. The number of nitrogens with one attached hydrogen (secondary N) is 1. The number of amides is 1. The molecule has 0 saturated heterocycles. The Labute approximate surface area is 133 Å². The van der Waals surface area contributed by atoms with Gasteiger partial charge < -0.3 is 10.2 Å². The molecule has 0 fully saturated rings. The van der Waals surface area contributed by atoms with Gasteiger partial charge in [-0.2, -0.15) is 0 Å². The van der Waals surface area contributed by atoms with Crippen molar-refractivity contribution >= 4 is 11.6 Å². The maximum absolute atomic E-state index is 12.2. The number of carbonyl (C=O) groups excluding carboxylic acids is 1. The molecule has 2 aromatic rings. The van der Waals surface area contributed by atoms with Gasteiger partial charge in [0.25, 0.3) is 0 Å². The van der Waals surface area contributed by atoms with Gasteiger partial charge in [-0.15, -0.1) is 0 Å². The van der Waals surface area contributed by atoms with Crippen molar-refractivity contribution in [2.24, 2.45) is 0 Å². The van der Waals surface area contributed by atoms with Gasteiger partial charge in [-0.3, -0.25) is 4.79 Å². The Morgan fingerprint density at radius 3 is 2.55 bits per heavy atom. The van der Waals surface area contributed by atoms with E-state index in [-0.39, 0.29) is 5.91 Å². The summed E-state index contributed by atoms with van der Waals surface area (Å²) in [7, 11) is 0. The number of anilines is 1. The lowest BCUT2D eigenvalue weighted by atomic mass is 10.1. The predicted octanol–water partition coefficient (Wildman–Crippen LogP) is 3.45. The van der Waals surface area contributed by atoms with Crippen molar-refractivity contribution in [3.63, 3.8) is 0 Å². The van der Waals surface area contributed by atoms with E-state index in [1.54, 1.807) is 0 Å². The lowest BCUT2D eigenvalue weighted by Gasteiger charge is -2.23. The summed E-state index contributed by atoms with van der Waals surface area (Å²) in [5, 5.41) is 3.01. The molecule has 0 saturated carbocycles. The van der Waals surface area contributed by atoms with Crippen LogP contribution in [0.3, 0.4) is 0 Å². The monoisotopic (exact) mass is 296 g/mol. The second kappa shape index (κ2) is 7.64. The van der Waals surface area contributed by atoms with Crippen LogP contribution in [0, 0.1) is 13.8 Å². The number of benzene rings is 2. The zero-order valence-corrected chi connectivity index (χ0v) is 13.6. The first-order valence-electron chi connectivity index (χ1n) is 7.73. The number of hydrogen-bond donors (Lipinski definition) is 1. The second-order valence-corrected chi connectivity index (χ2v) is 5.56. The van der Waals surface area contributed by atoms with E-state index < -0.39 is 0 Å². The molecule has 0 aliphatic heterocycles. The van der Waals surface area contributed by atoms with Crippen molar-refractivity contribution in [3.8, 4) is 0 Å². The summed E-state index contributed by atoms with van der Waals surface area (Å²) in [6, 6.07) is 16.4. The molecule has 2 aromatic carbocycles. The summed E-state index contributed by atoms with van der Waals surface area (Å²) in [5.41, 5.74) is 4.66. The zero-order valence-electron chi connectivity index (χ0n) is 13.6. The third-order valence-corrected chi connectivity index (χ3v) is 3.82. The third kappa shape index (κ3) is 4.35. The molecule has 0 aliphatic rings. The Bertz CT molecular complexity index is 637. The van der Waals surface area contributed by atoms with Crippen LogP contribution in [0.25, 0.3) is 0 Å². The highest BCUT2D eigenvalue weighted by Gasteiger charge is 2.10. The Morgan fingerprint density at radius 2 is 1.86 bits per heavy atom. The molecule has 1 N–H and O–H groups in total. The Balaban J connectivity index is 1.94. The van der Waals surface area contributed by atoms with Crippen LogP contribution in [0.5, 0.6) is 0 Å². The summed E-state index contributed by atoms with van der Waals surface area (Å²) < 4.78 is 0. The van der Waals surface area contributed by atoms with Crippen molar-refractivity contribution < 1.29 is 4.79 Å². The first kappa shape index (κ1) is 16.1. The minimum Gasteiger partial charge on any atom is -0.362 e. The largest absolute Gasteiger partial charge is 0.362 e. The van der Waals surface area contributed by atoms with Gasteiger partial charge >= 0.3 is 0 Å². The molecule has 1 amide bonds. The Hall–Kier alpha value is -2.29. The van der Waals surface area contributed by atoms with Gasteiger partial charge in [0.1, 0.15) is 0 Å². The van der Waals surface area contributed by atoms with Crippen LogP contribution in [0.1, 0.15) is 23.6 Å². The van der Waals surface area contributed by atoms with Crippen molar-refractivity contribution in [3.05, 3.63) is 65.2 Å². The number of carbonyl (C=O) groups is 1. The molecule has 0 unspecified atom stereocenters. The van der Waals surface area contributed by atoms with Gasteiger partial charge in [-0.25, -0.2) is 0 Å². The second-order valence-electron chi connectivity index (χ2n) is 5.56. The predicted molar refractivity (Wildman–Crippen MR) is 92.1 cm³/mol. The highest BCUT2D eigenvalue weighted by atomic mass is 16.2. The molecule has 22 heavy (non-hydrogen) atoms. The summed E-state index contributed by atoms with van der Waals surface area (Å²) >= 11 is 0. The topological polar surface area (TPSA) is 32.3 Å². The average Bonchev–Trinajstić information content (AvgIpc) is 2.52. The third-order valence-electron chi connectivity index (χ3n) is 3.82. The van der Waals surface area contributed by atoms with Crippen LogP contribution in [0.15, 0.2) is 48.5 Å². The maximum atomic E-state index is 12.2. The van der Waals surface area contributed by atoms with Crippen molar-refractivity contribution in [1.82, 2.24) is 5.32 Å². The molecule has 2 rings (SSSR count). The molecule has 0 aromatic heterocycles. The Kier molecular flexibility index (Phi) is 5.59. The van der Waals surface area contributed by atoms with E-state index >= 15 is 0 Å². The number of aryl methyl sites for hydroxylation is 2. The lowest BCUT2D eigenvalue weighted by molar-refractivity contribution is -0.119. The number of nitrogens with zero attached hydrogens (tertiary/aromatic N) is 1. The van der Waals surface area contributed by atoms with Gasteiger partial charge in [0.2, 0.25) is 5.91 Å². The minimum atomic E-state index is 0.0478. The van der Waals surface area contributed by atoms with E-state index in [4.69, 9.17) is 0 Å². The van der Waals surface area contributed by atoms with Gasteiger partial charge in [-0.05, 0) is 49.6 Å². The summed E-state index contributed by atoms with van der Waals surface area (Å²) in [4.78, 5) is 14.3. The number of rotatable bonds is 6.